The van der Waals surface area contributed by atoms with E-state index in [1.165, 1.54) is 18.2 Å². The van der Waals surface area contributed by atoms with Crippen molar-refractivity contribution in [2.45, 2.75) is 19.8 Å². The van der Waals surface area contributed by atoms with Gasteiger partial charge in [0.25, 0.3) is 5.92 Å². The predicted molar refractivity (Wildman–Crippen MR) is 58.2 cm³/mol. The van der Waals surface area contributed by atoms with Gasteiger partial charge in [-0.1, -0.05) is 13.8 Å². The van der Waals surface area contributed by atoms with Crippen LogP contribution in [0.5, 0.6) is 0 Å². The molecule has 0 aromatic heterocycles. The summed E-state index contributed by atoms with van der Waals surface area (Å²) in [5.41, 5.74) is -1.22. The fraction of sp³-hybridized carbons (Fsp3) is 1.00. The quantitative estimate of drug-likeness (QED) is 0.810. The summed E-state index contributed by atoms with van der Waals surface area (Å²) in [5.74, 6) is -4.52. The third kappa shape index (κ3) is 1.88. The van der Waals surface area contributed by atoms with Gasteiger partial charge in [-0.2, -0.15) is 0 Å². The first-order chi connectivity index (χ1) is 7.63. The van der Waals surface area contributed by atoms with E-state index in [2.05, 4.69) is 0 Å². The minimum absolute atomic E-state index is 0.0440. The van der Waals surface area contributed by atoms with E-state index in [0.717, 1.165) is 0 Å². The summed E-state index contributed by atoms with van der Waals surface area (Å²) >= 11 is 0. The monoisotopic (exact) mass is 269 g/mol. The van der Waals surface area contributed by atoms with E-state index in [1.54, 1.807) is 0 Å². The zero-order valence-corrected chi connectivity index (χ0v) is 10.7. The minimum atomic E-state index is -3.60. The van der Waals surface area contributed by atoms with Crippen LogP contribution in [0, 0.1) is 17.3 Å². The summed E-state index contributed by atoms with van der Waals surface area (Å²) < 4.78 is 51.4. The average Bonchev–Trinajstić information content (AvgIpc) is 2.45. The Morgan fingerprint density at radius 1 is 1.35 bits per heavy atom. The Hall–Kier alpha value is -0.270. The molecule has 0 spiro atoms. The number of rotatable bonds is 4. The normalized spacial score (nSPS) is 32.2. The van der Waals surface area contributed by atoms with Crippen LogP contribution in [0.2, 0.25) is 0 Å². The summed E-state index contributed by atoms with van der Waals surface area (Å²) in [6, 6.07) is 0. The van der Waals surface area contributed by atoms with E-state index in [1.807, 2.05) is 0 Å². The molecule has 0 bridgehead atoms. The second kappa shape index (κ2) is 3.61. The van der Waals surface area contributed by atoms with E-state index >= 15 is 0 Å². The number of halogens is 2. The molecule has 1 saturated carbocycles. The minimum Gasteiger partial charge on any atom is -0.396 e. The number of aliphatic hydroxyl groups is 1. The second-order valence-corrected chi connectivity index (χ2v) is 7.55. The zero-order valence-electron chi connectivity index (χ0n) is 9.86. The summed E-state index contributed by atoms with van der Waals surface area (Å²) in [6.07, 6.45) is 0. The van der Waals surface area contributed by atoms with Crippen LogP contribution in [-0.2, 0) is 10.0 Å². The smallest absolute Gasteiger partial charge is 0.258 e. The van der Waals surface area contributed by atoms with Crippen LogP contribution >= 0.6 is 0 Å². The molecule has 0 radical (unpaired) electrons. The van der Waals surface area contributed by atoms with Crippen molar-refractivity contribution in [2.75, 3.05) is 25.4 Å². The summed E-state index contributed by atoms with van der Waals surface area (Å²) in [7, 11) is -3.60. The molecule has 1 N–H and O–H groups in total. The number of hydrogen-bond donors (Lipinski definition) is 1. The molecule has 1 aliphatic heterocycles. The van der Waals surface area contributed by atoms with E-state index in [4.69, 9.17) is 5.11 Å². The lowest BCUT2D eigenvalue weighted by Gasteiger charge is -2.37. The Balaban J connectivity index is 1.97. The highest BCUT2D eigenvalue weighted by atomic mass is 32.2. The molecule has 2 rings (SSSR count). The molecule has 4 nitrogen and oxygen atoms in total. The van der Waals surface area contributed by atoms with Gasteiger partial charge >= 0.3 is 0 Å². The van der Waals surface area contributed by atoms with Crippen molar-refractivity contribution in [1.82, 2.24) is 4.31 Å². The number of aliphatic hydroxyl groups excluding tert-OH is 1. The van der Waals surface area contributed by atoms with Gasteiger partial charge in [0.05, 0.1) is 5.75 Å². The fourth-order valence-corrected chi connectivity index (χ4v) is 4.39. The maximum Gasteiger partial charge on any atom is 0.258 e. The summed E-state index contributed by atoms with van der Waals surface area (Å²) in [4.78, 5) is 0. The molecule has 2 aliphatic rings. The van der Waals surface area contributed by atoms with Crippen LogP contribution in [0.3, 0.4) is 0 Å². The number of hydrogen-bond acceptors (Lipinski definition) is 3. The van der Waals surface area contributed by atoms with Crippen LogP contribution in [-0.4, -0.2) is 49.2 Å². The Bertz CT molecular complexity index is 401. The van der Waals surface area contributed by atoms with Gasteiger partial charge in [0.1, 0.15) is 0 Å². The number of nitrogens with zero attached hydrogens (tertiary/aromatic N) is 1. The van der Waals surface area contributed by atoms with Gasteiger partial charge in [-0.15, -0.1) is 0 Å². The Labute approximate surface area is 99.7 Å². The van der Waals surface area contributed by atoms with Gasteiger partial charge in [-0.05, 0) is 0 Å². The van der Waals surface area contributed by atoms with E-state index < -0.39 is 33.0 Å². The highest BCUT2D eigenvalue weighted by Crippen LogP contribution is 2.65. The molecular weight excluding hydrogens is 252 g/mol. The maximum atomic E-state index is 13.3. The highest BCUT2D eigenvalue weighted by Gasteiger charge is 2.75. The molecule has 0 aromatic carbocycles. The van der Waals surface area contributed by atoms with Crippen molar-refractivity contribution in [3.63, 3.8) is 0 Å². The molecular formula is C10H17F2NO3S. The number of alkyl halides is 2. The molecule has 1 aliphatic carbocycles. The average molecular weight is 269 g/mol. The standard InChI is InChI=1S/C10H17F2NO3S/c1-9(2)8(10(9,11)12)6-17(15,16)13-3-7(4-13)5-14/h7-8,14H,3-6H2,1-2H3/t8-/m0/s1. The van der Waals surface area contributed by atoms with Gasteiger partial charge < -0.3 is 5.11 Å². The molecule has 0 amide bonds. The highest BCUT2D eigenvalue weighted by molar-refractivity contribution is 7.89. The molecule has 1 atom stereocenters. The van der Waals surface area contributed by atoms with Crippen LogP contribution < -0.4 is 0 Å². The SMILES string of the molecule is CC1(C)[C@H](CS(=O)(=O)N2CC(CO)C2)C1(F)F. The Morgan fingerprint density at radius 2 is 1.82 bits per heavy atom. The van der Waals surface area contributed by atoms with Crippen LogP contribution in [0.25, 0.3) is 0 Å². The lowest BCUT2D eigenvalue weighted by atomic mass is 10.1. The van der Waals surface area contributed by atoms with Crippen LogP contribution in [0.4, 0.5) is 8.78 Å². The number of sulfonamides is 1. The summed E-state index contributed by atoms with van der Waals surface area (Å²) in [6.45, 7) is 3.21. The van der Waals surface area contributed by atoms with Crippen molar-refractivity contribution in [3.05, 3.63) is 0 Å². The lowest BCUT2D eigenvalue weighted by Crippen LogP contribution is -2.52. The molecule has 2 fully saturated rings. The molecule has 17 heavy (non-hydrogen) atoms. The van der Waals surface area contributed by atoms with Crippen molar-refractivity contribution >= 4 is 10.0 Å². The topological polar surface area (TPSA) is 57.6 Å². The van der Waals surface area contributed by atoms with Gasteiger partial charge in [-0.3, -0.25) is 0 Å². The zero-order chi connectivity index (χ0) is 13.1. The molecule has 0 aromatic rings. The van der Waals surface area contributed by atoms with Crippen LogP contribution in [0.1, 0.15) is 13.8 Å². The largest absolute Gasteiger partial charge is 0.396 e. The van der Waals surface area contributed by atoms with Crippen molar-refractivity contribution in [2.24, 2.45) is 17.3 Å². The molecule has 100 valence electrons. The van der Waals surface area contributed by atoms with Gasteiger partial charge in [0.2, 0.25) is 10.0 Å². The van der Waals surface area contributed by atoms with Gasteiger partial charge in [0.15, 0.2) is 0 Å². The first-order valence-corrected chi connectivity index (χ1v) is 7.20. The van der Waals surface area contributed by atoms with Crippen molar-refractivity contribution in [3.8, 4) is 0 Å². The molecule has 7 heteroatoms. The third-order valence-electron chi connectivity index (χ3n) is 4.04. The predicted octanol–water partition coefficient (Wildman–Crippen LogP) is 0.532. The van der Waals surface area contributed by atoms with Crippen LogP contribution in [0.15, 0.2) is 0 Å². The molecule has 1 heterocycles. The molecule has 0 unspecified atom stereocenters. The van der Waals surface area contributed by atoms with Crippen molar-refractivity contribution in [1.29, 1.82) is 0 Å². The van der Waals surface area contributed by atoms with E-state index in [0.29, 0.717) is 0 Å². The van der Waals surface area contributed by atoms with E-state index in [-0.39, 0.29) is 25.6 Å². The molecule has 1 saturated heterocycles. The fourth-order valence-electron chi connectivity index (χ4n) is 2.25. The second-order valence-electron chi connectivity index (χ2n) is 5.54. The lowest BCUT2D eigenvalue weighted by molar-refractivity contribution is 0.0680. The third-order valence-corrected chi connectivity index (χ3v) is 5.88. The Morgan fingerprint density at radius 3 is 2.18 bits per heavy atom. The maximum absolute atomic E-state index is 13.3. The summed E-state index contributed by atoms with van der Waals surface area (Å²) in [5, 5.41) is 8.79. The van der Waals surface area contributed by atoms with Gasteiger partial charge in [0, 0.05) is 36.9 Å². The Kier molecular flexibility index (Phi) is 2.80. The first kappa shape index (κ1) is 13.2. The first-order valence-electron chi connectivity index (χ1n) is 5.59. The van der Waals surface area contributed by atoms with Crippen molar-refractivity contribution < 1.29 is 22.3 Å². The van der Waals surface area contributed by atoms with Gasteiger partial charge in [-0.25, -0.2) is 21.5 Å². The van der Waals surface area contributed by atoms with E-state index in [9.17, 15) is 17.2 Å².